The zero-order valence-electron chi connectivity index (χ0n) is 23.9. The fourth-order valence-electron chi connectivity index (χ4n) is 5.15. The van der Waals surface area contributed by atoms with Gasteiger partial charge in [0.25, 0.3) is 0 Å². The highest BCUT2D eigenvalue weighted by molar-refractivity contribution is 8.00. The molecule has 0 saturated carbocycles. The van der Waals surface area contributed by atoms with Crippen LogP contribution >= 0.6 is 11.8 Å². The molecule has 2 unspecified atom stereocenters. The number of aromatic nitrogens is 1. The van der Waals surface area contributed by atoms with Crippen LogP contribution in [0.5, 0.6) is 11.5 Å². The summed E-state index contributed by atoms with van der Waals surface area (Å²) in [6.07, 6.45) is 2.67. The summed E-state index contributed by atoms with van der Waals surface area (Å²) in [7, 11) is 2.94. The van der Waals surface area contributed by atoms with Crippen molar-refractivity contribution in [2.45, 2.75) is 42.9 Å². The molecule has 3 aromatic rings. The topological polar surface area (TPSA) is 136 Å². The van der Waals surface area contributed by atoms with Gasteiger partial charge in [0.15, 0.2) is 23.9 Å². The van der Waals surface area contributed by atoms with Crippen LogP contribution in [-0.2, 0) is 27.2 Å². The number of imide groups is 1. The minimum absolute atomic E-state index is 0.0355. The Morgan fingerprint density at radius 3 is 2.44 bits per heavy atom. The third kappa shape index (κ3) is 6.24. The Morgan fingerprint density at radius 2 is 1.74 bits per heavy atom. The molecular formula is C32H29N3O7S. The van der Waals surface area contributed by atoms with E-state index < -0.39 is 29.5 Å². The second-order valence-corrected chi connectivity index (χ2v) is 11.6. The SMILES string of the molecule is COc1ccc(C(=O)COC(=O)c2ccc(N3C(=O)CC(Sc4nc5c(cc4C#N)CC(C)CC5)C3=O)cc2)cc1OC. The van der Waals surface area contributed by atoms with Crippen molar-refractivity contribution >= 4 is 41.0 Å². The molecule has 2 aromatic carbocycles. The molecule has 1 aliphatic carbocycles. The lowest BCUT2D eigenvalue weighted by Crippen LogP contribution is -2.31. The maximum absolute atomic E-state index is 13.3. The van der Waals surface area contributed by atoms with E-state index in [4.69, 9.17) is 19.2 Å². The fraction of sp³-hybridized carbons (Fsp3) is 0.312. The van der Waals surface area contributed by atoms with Gasteiger partial charge in [0.05, 0.1) is 36.3 Å². The molecule has 2 atom stereocenters. The predicted octanol–water partition coefficient (Wildman–Crippen LogP) is 4.56. The molecule has 0 N–H and O–H groups in total. The maximum Gasteiger partial charge on any atom is 0.338 e. The number of pyridine rings is 1. The first-order chi connectivity index (χ1) is 20.7. The van der Waals surface area contributed by atoms with Gasteiger partial charge in [0.1, 0.15) is 11.1 Å². The van der Waals surface area contributed by atoms with Gasteiger partial charge in [0.2, 0.25) is 11.8 Å². The number of carbonyl (C=O) groups is 4. The second-order valence-electron chi connectivity index (χ2n) is 10.4. The summed E-state index contributed by atoms with van der Waals surface area (Å²) in [5.74, 6) is -0.586. The van der Waals surface area contributed by atoms with Gasteiger partial charge in [-0.15, -0.1) is 0 Å². The highest BCUT2D eigenvalue weighted by Gasteiger charge is 2.41. The highest BCUT2D eigenvalue weighted by atomic mass is 32.2. The molecule has 1 aliphatic heterocycles. The summed E-state index contributed by atoms with van der Waals surface area (Å²) in [5, 5.41) is 9.45. The minimum Gasteiger partial charge on any atom is -0.493 e. The third-order valence-corrected chi connectivity index (χ3v) is 8.67. The summed E-state index contributed by atoms with van der Waals surface area (Å²) in [5.41, 5.74) is 3.18. The van der Waals surface area contributed by atoms with Crippen molar-refractivity contribution in [2.75, 3.05) is 25.7 Å². The Kier molecular flexibility index (Phi) is 8.78. The Balaban J connectivity index is 1.23. The normalized spacial score (nSPS) is 17.7. The van der Waals surface area contributed by atoms with Gasteiger partial charge in [0, 0.05) is 17.7 Å². The van der Waals surface area contributed by atoms with Crippen molar-refractivity contribution in [3.8, 4) is 17.6 Å². The number of Topliss-reactive ketones (excluding diaryl/α,β-unsaturated/α-hetero) is 1. The van der Waals surface area contributed by atoms with E-state index in [0.29, 0.717) is 39.3 Å². The van der Waals surface area contributed by atoms with Crippen molar-refractivity contribution in [1.29, 1.82) is 5.26 Å². The number of aryl methyl sites for hydroxylation is 1. The first kappa shape index (κ1) is 29.8. The summed E-state index contributed by atoms with van der Waals surface area (Å²) in [6.45, 7) is 1.69. The molecule has 1 aromatic heterocycles. The van der Waals surface area contributed by atoms with Crippen LogP contribution in [0, 0.1) is 17.2 Å². The number of nitriles is 1. The monoisotopic (exact) mass is 599 g/mol. The van der Waals surface area contributed by atoms with E-state index in [-0.39, 0.29) is 17.9 Å². The van der Waals surface area contributed by atoms with Gasteiger partial charge < -0.3 is 14.2 Å². The average molecular weight is 600 g/mol. The van der Waals surface area contributed by atoms with Crippen LogP contribution in [0.25, 0.3) is 0 Å². The largest absolute Gasteiger partial charge is 0.493 e. The minimum atomic E-state index is -0.732. The molecule has 1 fully saturated rings. The molecule has 5 rings (SSSR count). The maximum atomic E-state index is 13.3. The molecule has 220 valence electrons. The molecule has 0 spiro atoms. The summed E-state index contributed by atoms with van der Waals surface area (Å²) < 4.78 is 15.6. The van der Waals surface area contributed by atoms with Crippen molar-refractivity contribution in [2.24, 2.45) is 5.92 Å². The molecule has 2 heterocycles. The van der Waals surface area contributed by atoms with Crippen LogP contribution in [0.4, 0.5) is 5.69 Å². The smallest absolute Gasteiger partial charge is 0.338 e. The van der Waals surface area contributed by atoms with Crippen LogP contribution in [0.15, 0.2) is 53.6 Å². The number of nitrogens with zero attached hydrogens (tertiary/aromatic N) is 3. The number of fused-ring (bicyclic) bond motifs is 1. The number of amides is 2. The second kappa shape index (κ2) is 12.7. The van der Waals surface area contributed by atoms with Crippen LogP contribution in [0.2, 0.25) is 0 Å². The van der Waals surface area contributed by atoms with E-state index in [9.17, 15) is 24.4 Å². The van der Waals surface area contributed by atoms with Gasteiger partial charge in [-0.1, -0.05) is 18.7 Å². The molecule has 0 bridgehead atoms. The number of esters is 1. The number of carbonyl (C=O) groups excluding carboxylic acids is 4. The van der Waals surface area contributed by atoms with Crippen LogP contribution in [-0.4, -0.2) is 54.6 Å². The van der Waals surface area contributed by atoms with Gasteiger partial charge >= 0.3 is 5.97 Å². The first-order valence-electron chi connectivity index (χ1n) is 13.7. The first-order valence-corrected chi connectivity index (χ1v) is 14.6. The Hall–Kier alpha value is -4.69. The molecular weight excluding hydrogens is 570 g/mol. The fourth-order valence-corrected chi connectivity index (χ4v) is 6.25. The number of benzene rings is 2. The van der Waals surface area contributed by atoms with Gasteiger partial charge in [-0.3, -0.25) is 14.4 Å². The highest BCUT2D eigenvalue weighted by Crippen LogP contribution is 2.36. The van der Waals surface area contributed by atoms with E-state index in [1.54, 1.807) is 12.1 Å². The van der Waals surface area contributed by atoms with E-state index >= 15 is 0 Å². The number of hydrogen-bond acceptors (Lipinski definition) is 10. The molecule has 0 radical (unpaired) electrons. The van der Waals surface area contributed by atoms with E-state index in [2.05, 4.69) is 13.0 Å². The Labute approximate surface area is 252 Å². The summed E-state index contributed by atoms with van der Waals surface area (Å²) in [6, 6.07) is 14.5. The zero-order chi connectivity index (χ0) is 30.7. The molecule has 2 amide bonds. The lowest BCUT2D eigenvalue weighted by molar-refractivity contribution is -0.121. The predicted molar refractivity (Wildman–Crippen MR) is 157 cm³/mol. The van der Waals surface area contributed by atoms with Gasteiger partial charge in [-0.2, -0.15) is 5.26 Å². The van der Waals surface area contributed by atoms with Crippen molar-refractivity contribution in [1.82, 2.24) is 4.98 Å². The van der Waals surface area contributed by atoms with Crippen molar-refractivity contribution in [3.63, 3.8) is 0 Å². The van der Waals surface area contributed by atoms with Crippen LogP contribution in [0.3, 0.4) is 0 Å². The third-order valence-electron chi connectivity index (χ3n) is 7.48. The number of methoxy groups -OCH3 is 2. The summed E-state index contributed by atoms with van der Waals surface area (Å²) >= 11 is 1.14. The number of thioether (sulfide) groups is 1. The van der Waals surface area contributed by atoms with Gasteiger partial charge in [-0.25, -0.2) is 14.7 Å². The molecule has 43 heavy (non-hydrogen) atoms. The Morgan fingerprint density at radius 1 is 1.02 bits per heavy atom. The molecule has 11 heteroatoms. The summed E-state index contributed by atoms with van der Waals surface area (Å²) in [4.78, 5) is 57.1. The molecule has 1 saturated heterocycles. The molecule has 10 nitrogen and oxygen atoms in total. The van der Waals surface area contributed by atoms with E-state index in [1.165, 1.54) is 44.6 Å². The number of rotatable bonds is 9. The zero-order valence-corrected chi connectivity index (χ0v) is 24.7. The average Bonchev–Trinajstić information content (AvgIpc) is 3.30. The quantitative estimate of drug-likeness (QED) is 0.196. The lowest BCUT2D eigenvalue weighted by Gasteiger charge is -2.22. The van der Waals surface area contributed by atoms with Crippen LogP contribution < -0.4 is 14.4 Å². The molecule has 2 aliphatic rings. The van der Waals surface area contributed by atoms with Gasteiger partial charge in [-0.05, 0) is 79.3 Å². The lowest BCUT2D eigenvalue weighted by atomic mass is 9.87. The van der Waals surface area contributed by atoms with Crippen LogP contribution in [0.1, 0.15) is 57.3 Å². The number of ketones is 1. The standard InChI is InChI=1S/C32H29N3O7S/c1-18-4-10-24-21(12-18)13-22(16-33)30(34-24)43-28-15-29(37)35(31(28)38)23-8-5-19(6-9-23)32(39)42-17-25(36)20-7-11-26(40-2)27(14-20)41-3/h5-9,11,13-14,18,28H,4,10,12,15,17H2,1-3H3. The van der Waals surface area contributed by atoms with Crippen molar-refractivity contribution < 1.29 is 33.4 Å². The van der Waals surface area contributed by atoms with Crippen molar-refractivity contribution in [3.05, 3.63) is 76.5 Å². The number of hydrogen-bond donors (Lipinski definition) is 0. The van der Waals surface area contributed by atoms with E-state index in [0.717, 1.165) is 47.2 Å². The van der Waals surface area contributed by atoms with E-state index in [1.807, 2.05) is 6.07 Å². The Bertz CT molecular complexity index is 1650. The number of anilines is 1. The number of ether oxygens (including phenoxy) is 3.